The molecule has 0 atom stereocenters. The first-order valence-corrected chi connectivity index (χ1v) is 12.4. The molecule has 3 heterocycles. The molecule has 0 unspecified atom stereocenters. The largest absolute Gasteiger partial charge is 0.497 e. The predicted molar refractivity (Wildman–Crippen MR) is 140 cm³/mol. The zero-order valence-electron chi connectivity index (χ0n) is 21.1. The first kappa shape index (κ1) is 24.8. The molecule has 0 aliphatic carbocycles. The molecule has 9 nitrogen and oxygen atoms in total. The van der Waals surface area contributed by atoms with Gasteiger partial charge in [0.15, 0.2) is 5.65 Å². The van der Waals surface area contributed by atoms with E-state index in [0.29, 0.717) is 19.1 Å². The number of hydrogen-bond donors (Lipinski definition) is 3. The number of carbonyl (C=O) groups excluding carboxylic acids is 1. The Bertz CT molecular complexity index is 1180. The van der Waals surface area contributed by atoms with Crippen molar-refractivity contribution in [3.63, 3.8) is 0 Å². The maximum atomic E-state index is 12.7. The first-order chi connectivity index (χ1) is 17.0. The van der Waals surface area contributed by atoms with Gasteiger partial charge in [-0.1, -0.05) is 19.1 Å². The quantitative estimate of drug-likeness (QED) is 0.406. The van der Waals surface area contributed by atoms with Crippen LogP contribution in [0.5, 0.6) is 5.75 Å². The lowest BCUT2D eigenvalue weighted by Gasteiger charge is -2.26. The van der Waals surface area contributed by atoms with Gasteiger partial charge in [0.2, 0.25) is 0 Å². The van der Waals surface area contributed by atoms with Crippen LogP contribution in [0.15, 0.2) is 24.4 Å². The van der Waals surface area contributed by atoms with Gasteiger partial charge in [0.1, 0.15) is 13.6 Å². The third-order valence-electron chi connectivity index (χ3n) is 6.51. The Labute approximate surface area is 207 Å². The van der Waals surface area contributed by atoms with Crippen LogP contribution < -0.4 is 26.2 Å². The average molecular weight is 478 g/mol. The van der Waals surface area contributed by atoms with Crippen LogP contribution in [0.4, 0.5) is 10.5 Å². The van der Waals surface area contributed by atoms with Gasteiger partial charge in [-0.15, -0.1) is 0 Å². The summed E-state index contributed by atoms with van der Waals surface area (Å²) in [6.07, 6.45) is 4.53. The highest BCUT2D eigenvalue weighted by Crippen LogP contribution is 2.31. The molecule has 4 rings (SSSR count). The van der Waals surface area contributed by atoms with Gasteiger partial charge < -0.3 is 25.4 Å². The van der Waals surface area contributed by atoms with Crippen LogP contribution >= 0.6 is 0 Å². The van der Waals surface area contributed by atoms with E-state index in [9.17, 15) is 4.79 Å². The molecule has 0 bridgehead atoms. The Morgan fingerprint density at radius 1 is 1.23 bits per heavy atom. The van der Waals surface area contributed by atoms with Gasteiger partial charge >= 0.3 is 6.03 Å². The number of anilines is 1. The number of fused-ring (bicyclic) bond motifs is 1. The Hall–Kier alpha value is -3.27. The van der Waals surface area contributed by atoms with Crippen molar-refractivity contribution >= 4 is 36.1 Å². The van der Waals surface area contributed by atoms with Crippen LogP contribution in [0.3, 0.4) is 0 Å². The molecule has 1 fully saturated rings. The van der Waals surface area contributed by atoms with Gasteiger partial charge in [-0.25, -0.2) is 14.5 Å². The summed E-state index contributed by atoms with van der Waals surface area (Å²) in [4.78, 5) is 17.6. The highest BCUT2D eigenvalue weighted by Gasteiger charge is 2.22. The number of rotatable bonds is 9. The summed E-state index contributed by atoms with van der Waals surface area (Å²) >= 11 is 0. The highest BCUT2D eigenvalue weighted by atomic mass is 16.5. The summed E-state index contributed by atoms with van der Waals surface area (Å²) in [5, 5.41) is 15.3. The molecule has 0 saturated carbocycles. The lowest BCUT2D eigenvalue weighted by molar-refractivity contribution is 0.0904. The Morgan fingerprint density at radius 2 is 2.00 bits per heavy atom. The van der Waals surface area contributed by atoms with E-state index >= 15 is 0 Å². The molecule has 10 heteroatoms. The average Bonchev–Trinajstić information content (AvgIpc) is 3.30. The lowest BCUT2D eigenvalue weighted by atomic mass is 9.93. The topological polar surface area (TPSA) is 102 Å². The summed E-state index contributed by atoms with van der Waals surface area (Å²) in [5.74, 6) is 0.837. The molecular weight excluding hydrogens is 443 g/mol. The number of hydrogen-bond acceptors (Lipinski definition) is 6. The van der Waals surface area contributed by atoms with Crippen LogP contribution in [0, 0.1) is 0 Å². The number of pyridine rings is 1. The van der Waals surface area contributed by atoms with Gasteiger partial charge in [-0.3, -0.25) is 0 Å². The number of ether oxygens (including phenoxy) is 2. The van der Waals surface area contributed by atoms with Crippen molar-refractivity contribution in [1.29, 1.82) is 0 Å². The van der Waals surface area contributed by atoms with E-state index in [1.165, 1.54) is 0 Å². The van der Waals surface area contributed by atoms with Gasteiger partial charge in [0, 0.05) is 50.1 Å². The van der Waals surface area contributed by atoms with Crippen LogP contribution in [-0.2, 0) is 30.8 Å². The van der Waals surface area contributed by atoms with Gasteiger partial charge in [0.05, 0.1) is 24.4 Å². The second-order valence-corrected chi connectivity index (χ2v) is 8.83. The van der Waals surface area contributed by atoms with E-state index in [2.05, 4.69) is 34.9 Å². The summed E-state index contributed by atoms with van der Waals surface area (Å²) < 4.78 is 12.8. The molecule has 3 aromatic rings. The second kappa shape index (κ2) is 11.4. The molecule has 0 spiro atoms. The van der Waals surface area contributed by atoms with Crippen molar-refractivity contribution in [3.8, 4) is 5.75 Å². The van der Waals surface area contributed by atoms with Crippen molar-refractivity contribution in [3.05, 3.63) is 41.2 Å². The van der Waals surface area contributed by atoms with Crippen LogP contribution in [0.2, 0.25) is 0 Å². The number of amides is 2. The van der Waals surface area contributed by atoms with Crippen LogP contribution in [-0.4, -0.2) is 55.0 Å². The molecule has 2 amide bonds. The SMILES string of the molecule is Bc1cc(CNC(=O)NCc2c(CC)nc3c(cnn3CC)c2NC2CCOCC2)ccc1OC. The van der Waals surface area contributed by atoms with Gasteiger partial charge in [0.25, 0.3) is 0 Å². The first-order valence-electron chi connectivity index (χ1n) is 12.4. The summed E-state index contributed by atoms with van der Waals surface area (Å²) in [6, 6.07) is 5.99. The van der Waals surface area contributed by atoms with E-state index in [-0.39, 0.29) is 6.03 Å². The smallest absolute Gasteiger partial charge is 0.315 e. The fourth-order valence-corrected chi connectivity index (χ4v) is 4.56. The molecule has 3 N–H and O–H groups in total. The Balaban J connectivity index is 1.52. The van der Waals surface area contributed by atoms with Crippen molar-refractivity contribution in [2.45, 2.75) is 58.8 Å². The number of nitrogens with zero attached hydrogens (tertiary/aromatic N) is 3. The standard InChI is InChI=1S/C25H35BN6O3/c1-4-21-18(14-28-25(33)27-13-16-6-7-22(34-3)20(26)12-16)23(30-17-8-10-35-11-9-17)19-15-29-32(5-2)24(19)31-21/h6-7,12,15,17H,4-5,8-11,13-14,26H2,1-3H3,(H,30,31)(H2,27,28,33). The van der Waals surface area contributed by atoms with E-state index in [0.717, 1.165) is 83.8 Å². The molecule has 1 aliphatic rings. The number of carbonyl (C=O) groups is 1. The monoisotopic (exact) mass is 478 g/mol. The minimum Gasteiger partial charge on any atom is -0.497 e. The summed E-state index contributed by atoms with van der Waals surface area (Å²) in [6.45, 7) is 7.22. The van der Waals surface area contributed by atoms with E-state index in [4.69, 9.17) is 14.5 Å². The lowest BCUT2D eigenvalue weighted by Crippen LogP contribution is -2.35. The minimum atomic E-state index is -0.220. The van der Waals surface area contributed by atoms with Gasteiger partial charge in [-0.2, -0.15) is 5.10 Å². The molecular formula is C25H35BN6O3. The maximum Gasteiger partial charge on any atom is 0.315 e. The number of methoxy groups -OCH3 is 1. The normalized spacial score (nSPS) is 14.1. The molecule has 1 aromatic carbocycles. The summed E-state index contributed by atoms with van der Waals surface area (Å²) in [7, 11) is 3.65. The van der Waals surface area contributed by atoms with Crippen molar-refractivity contribution in [1.82, 2.24) is 25.4 Å². The minimum absolute atomic E-state index is 0.220. The fraction of sp³-hybridized carbons (Fsp3) is 0.480. The van der Waals surface area contributed by atoms with Crippen LogP contribution in [0.1, 0.15) is 43.5 Å². The number of urea groups is 1. The van der Waals surface area contributed by atoms with E-state index < -0.39 is 0 Å². The number of nitrogens with one attached hydrogen (secondary N) is 3. The van der Waals surface area contributed by atoms with Crippen molar-refractivity contribution < 1.29 is 14.3 Å². The Morgan fingerprint density at radius 3 is 2.69 bits per heavy atom. The van der Waals surface area contributed by atoms with Crippen LogP contribution in [0.25, 0.3) is 11.0 Å². The number of aryl methyl sites for hydroxylation is 2. The Kier molecular flexibility index (Phi) is 8.12. The summed E-state index contributed by atoms with van der Waals surface area (Å²) in [5.41, 5.74) is 5.93. The van der Waals surface area contributed by atoms with E-state index in [1.54, 1.807) is 7.11 Å². The molecule has 0 radical (unpaired) electrons. The van der Waals surface area contributed by atoms with E-state index in [1.807, 2.05) is 36.9 Å². The van der Waals surface area contributed by atoms with Gasteiger partial charge in [-0.05, 0) is 43.3 Å². The zero-order valence-corrected chi connectivity index (χ0v) is 21.1. The number of aromatic nitrogens is 3. The van der Waals surface area contributed by atoms with Crippen molar-refractivity contribution in [2.75, 3.05) is 25.6 Å². The third kappa shape index (κ3) is 5.70. The molecule has 1 saturated heterocycles. The fourth-order valence-electron chi connectivity index (χ4n) is 4.56. The molecule has 2 aromatic heterocycles. The maximum absolute atomic E-state index is 12.7. The second-order valence-electron chi connectivity index (χ2n) is 8.83. The molecule has 35 heavy (non-hydrogen) atoms. The van der Waals surface area contributed by atoms with Crippen molar-refractivity contribution in [2.24, 2.45) is 0 Å². The third-order valence-corrected chi connectivity index (χ3v) is 6.51. The predicted octanol–water partition coefficient (Wildman–Crippen LogP) is 1.87. The molecule has 186 valence electrons. The molecule has 1 aliphatic heterocycles. The number of benzene rings is 1. The highest BCUT2D eigenvalue weighted by molar-refractivity contribution is 6.34. The zero-order chi connectivity index (χ0) is 24.8.